The number of hydrogen-bond acceptors (Lipinski definition) is 3. The molecule has 5 heteroatoms. The van der Waals surface area contributed by atoms with Crippen LogP contribution in [0, 0.1) is 5.92 Å². The first-order valence-corrected chi connectivity index (χ1v) is 6.42. The summed E-state index contributed by atoms with van der Waals surface area (Å²) in [6.45, 7) is 0.520. The van der Waals surface area contributed by atoms with E-state index in [1.807, 2.05) is 0 Å². The van der Waals surface area contributed by atoms with E-state index in [0.29, 0.717) is 19.4 Å². The molecule has 1 aliphatic carbocycles. The number of carbonyl (C=O) groups is 2. The minimum atomic E-state index is -0.372. The van der Waals surface area contributed by atoms with Gasteiger partial charge in [0.2, 0.25) is 11.8 Å². The molecule has 2 aliphatic rings. The van der Waals surface area contributed by atoms with E-state index in [9.17, 15) is 14.7 Å². The third-order valence-corrected chi connectivity index (χ3v) is 3.72. The highest BCUT2D eigenvalue weighted by Crippen LogP contribution is 2.23. The van der Waals surface area contributed by atoms with Gasteiger partial charge >= 0.3 is 0 Å². The minimum absolute atomic E-state index is 0.0529. The van der Waals surface area contributed by atoms with Crippen molar-refractivity contribution >= 4 is 11.8 Å². The Hall–Kier alpha value is -1.10. The second-order valence-corrected chi connectivity index (χ2v) is 5.02. The number of aliphatic hydroxyl groups excluding tert-OH is 1. The maximum Gasteiger partial charge on any atom is 0.242 e. The molecule has 3 N–H and O–H groups in total. The number of aliphatic hydroxyl groups is 1. The number of carbonyl (C=O) groups excluding carboxylic acids is 2. The highest BCUT2D eigenvalue weighted by molar-refractivity contribution is 5.90. The second-order valence-electron chi connectivity index (χ2n) is 5.02. The fourth-order valence-electron chi connectivity index (χ4n) is 2.59. The van der Waals surface area contributed by atoms with Crippen molar-refractivity contribution in [3.8, 4) is 0 Å². The molecule has 1 saturated carbocycles. The number of rotatable bonds is 3. The lowest BCUT2D eigenvalue weighted by Gasteiger charge is -2.28. The van der Waals surface area contributed by atoms with Crippen molar-refractivity contribution < 1.29 is 14.7 Å². The first-order valence-electron chi connectivity index (χ1n) is 6.42. The quantitative estimate of drug-likeness (QED) is 0.646. The fourth-order valence-corrected chi connectivity index (χ4v) is 2.59. The predicted octanol–water partition coefficient (Wildman–Crippen LogP) is -0.0677. The largest absolute Gasteiger partial charge is 0.393 e. The van der Waals surface area contributed by atoms with Gasteiger partial charge in [0.15, 0.2) is 0 Å². The second kappa shape index (κ2) is 5.49. The van der Waals surface area contributed by atoms with Gasteiger partial charge in [-0.05, 0) is 19.3 Å². The third kappa shape index (κ3) is 3.19. The van der Waals surface area contributed by atoms with E-state index >= 15 is 0 Å². The van der Waals surface area contributed by atoms with Crippen molar-refractivity contribution in [3.05, 3.63) is 0 Å². The molecule has 1 heterocycles. The summed E-state index contributed by atoms with van der Waals surface area (Å²) >= 11 is 0. The monoisotopic (exact) mass is 240 g/mol. The molecular formula is C12H20N2O3. The molecule has 0 radical (unpaired) electrons. The van der Waals surface area contributed by atoms with Crippen molar-refractivity contribution in [2.75, 3.05) is 6.54 Å². The number of hydrogen-bond donors (Lipinski definition) is 3. The van der Waals surface area contributed by atoms with Crippen LogP contribution in [-0.4, -0.2) is 35.6 Å². The van der Waals surface area contributed by atoms with Crippen molar-refractivity contribution in [2.24, 2.45) is 5.92 Å². The van der Waals surface area contributed by atoms with E-state index in [1.165, 1.54) is 0 Å². The third-order valence-electron chi connectivity index (χ3n) is 3.72. The average molecular weight is 240 g/mol. The molecule has 1 aliphatic heterocycles. The van der Waals surface area contributed by atoms with Gasteiger partial charge < -0.3 is 15.7 Å². The van der Waals surface area contributed by atoms with E-state index in [2.05, 4.69) is 10.6 Å². The van der Waals surface area contributed by atoms with Crippen molar-refractivity contribution in [1.29, 1.82) is 0 Å². The Morgan fingerprint density at radius 1 is 1.35 bits per heavy atom. The molecule has 5 nitrogen and oxygen atoms in total. The summed E-state index contributed by atoms with van der Waals surface area (Å²) in [7, 11) is 0. The molecular weight excluding hydrogens is 220 g/mol. The standard InChI is InChI=1S/C12H20N2O3/c15-10-4-2-1-3-8(10)7-13-12(17)9-5-6-11(16)14-9/h8-10,15H,1-7H2,(H,13,17)(H,14,16). The van der Waals surface area contributed by atoms with Crippen LogP contribution >= 0.6 is 0 Å². The van der Waals surface area contributed by atoms with Gasteiger partial charge in [-0.2, -0.15) is 0 Å². The molecule has 0 bridgehead atoms. The van der Waals surface area contributed by atoms with Crippen molar-refractivity contribution in [2.45, 2.75) is 50.7 Å². The lowest BCUT2D eigenvalue weighted by atomic mass is 9.86. The zero-order valence-corrected chi connectivity index (χ0v) is 9.95. The van der Waals surface area contributed by atoms with Crippen LogP contribution in [0.2, 0.25) is 0 Å². The topological polar surface area (TPSA) is 78.4 Å². The summed E-state index contributed by atoms with van der Waals surface area (Å²) in [4.78, 5) is 22.7. The molecule has 96 valence electrons. The highest BCUT2D eigenvalue weighted by atomic mass is 16.3. The Morgan fingerprint density at radius 3 is 2.76 bits per heavy atom. The molecule has 2 amide bonds. The van der Waals surface area contributed by atoms with Gasteiger partial charge in [0.05, 0.1) is 6.10 Å². The fraction of sp³-hybridized carbons (Fsp3) is 0.833. The first kappa shape index (κ1) is 12.4. The van der Waals surface area contributed by atoms with Gasteiger partial charge in [-0.1, -0.05) is 12.8 Å². The van der Waals surface area contributed by atoms with Crippen molar-refractivity contribution in [3.63, 3.8) is 0 Å². The first-order chi connectivity index (χ1) is 8.16. The molecule has 0 aromatic carbocycles. The van der Waals surface area contributed by atoms with Crippen LogP contribution in [0.15, 0.2) is 0 Å². The van der Waals surface area contributed by atoms with E-state index < -0.39 is 0 Å². The van der Waals surface area contributed by atoms with Gasteiger partial charge in [-0.25, -0.2) is 0 Å². The summed E-state index contributed by atoms with van der Waals surface area (Å²) in [6.07, 6.45) is 4.73. The van der Waals surface area contributed by atoms with E-state index in [1.54, 1.807) is 0 Å². The Bertz CT molecular complexity index is 306. The Morgan fingerprint density at radius 2 is 2.12 bits per heavy atom. The lowest BCUT2D eigenvalue weighted by Crippen LogP contribution is -2.45. The molecule has 1 saturated heterocycles. The molecule has 3 atom stereocenters. The maximum absolute atomic E-state index is 11.7. The van der Waals surface area contributed by atoms with Crippen molar-refractivity contribution in [1.82, 2.24) is 10.6 Å². The van der Waals surface area contributed by atoms with E-state index in [0.717, 1.165) is 25.7 Å². The summed E-state index contributed by atoms with van der Waals surface area (Å²) in [6, 6.07) is -0.372. The van der Waals surface area contributed by atoms with Crippen LogP contribution in [0.25, 0.3) is 0 Å². The summed E-state index contributed by atoms with van der Waals surface area (Å²) < 4.78 is 0. The normalized spacial score (nSPS) is 33.2. The Balaban J connectivity index is 1.73. The maximum atomic E-state index is 11.7. The van der Waals surface area contributed by atoms with Crippen LogP contribution in [0.1, 0.15) is 38.5 Å². The lowest BCUT2D eigenvalue weighted by molar-refractivity contribution is -0.126. The zero-order valence-electron chi connectivity index (χ0n) is 9.95. The van der Waals surface area contributed by atoms with Crippen LogP contribution in [-0.2, 0) is 9.59 Å². The summed E-state index contributed by atoms with van der Waals surface area (Å²) in [5.41, 5.74) is 0. The van der Waals surface area contributed by atoms with Gasteiger partial charge in [0.25, 0.3) is 0 Å². The smallest absolute Gasteiger partial charge is 0.242 e. The molecule has 0 aromatic heterocycles. The summed E-state index contributed by atoms with van der Waals surface area (Å²) in [5, 5.41) is 15.2. The van der Waals surface area contributed by atoms with E-state index in [-0.39, 0.29) is 29.9 Å². The van der Waals surface area contributed by atoms with E-state index in [4.69, 9.17) is 0 Å². The zero-order chi connectivity index (χ0) is 12.3. The average Bonchev–Trinajstić information content (AvgIpc) is 2.74. The molecule has 2 fully saturated rings. The van der Waals surface area contributed by atoms with Gasteiger partial charge in [-0.15, -0.1) is 0 Å². The summed E-state index contributed by atoms with van der Waals surface area (Å²) in [5.74, 6) is 0.00118. The van der Waals surface area contributed by atoms with Crippen LogP contribution in [0.4, 0.5) is 0 Å². The minimum Gasteiger partial charge on any atom is -0.393 e. The van der Waals surface area contributed by atoms with Crippen LogP contribution in [0.3, 0.4) is 0 Å². The van der Waals surface area contributed by atoms with Crippen LogP contribution in [0.5, 0.6) is 0 Å². The molecule has 17 heavy (non-hydrogen) atoms. The van der Waals surface area contributed by atoms with Crippen LogP contribution < -0.4 is 10.6 Å². The molecule has 0 aromatic rings. The Kier molecular flexibility index (Phi) is 3.99. The van der Waals surface area contributed by atoms with Gasteiger partial charge in [0, 0.05) is 18.9 Å². The van der Waals surface area contributed by atoms with Gasteiger partial charge in [-0.3, -0.25) is 9.59 Å². The predicted molar refractivity (Wildman–Crippen MR) is 62.1 cm³/mol. The van der Waals surface area contributed by atoms with Gasteiger partial charge in [0.1, 0.15) is 6.04 Å². The molecule has 3 unspecified atom stereocenters. The Labute approximate surface area is 101 Å². The number of amides is 2. The molecule has 2 rings (SSSR count). The number of nitrogens with one attached hydrogen (secondary N) is 2. The SMILES string of the molecule is O=C1CCC(C(=O)NCC2CCCCC2O)N1. The highest BCUT2D eigenvalue weighted by Gasteiger charge is 2.28. The molecule has 0 spiro atoms.